The largest absolute Gasteiger partial charge is 0.456 e. The minimum absolute atomic E-state index is 0.0870. The van der Waals surface area contributed by atoms with Crippen molar-refractivity contribution in [1.29, 1.82) is 0 Å². The molecule has 0 aliphatic rings. The van der Waals surface area contributed by atoms with Crippen LogP contribution in [0.25, 0.3) is 6.08 Å². The van der Waals surface area contributed by atoms with E-state index in [1.807, 2.05) is 48.7 Å². The summed E-state index contributed by atoms with van der Waals surface area (Å²) in [6, 6.07) is 11.5. The summed E-state index contributed by atoms with van der Waals surface area (Å²) in [6.45, 7) is 2.08. The normalized spacial score (nSPS) is 10.9. The monoisotopic (exact) mass is 398 g/mol. The molecule has 3 aromatic rings. The highest BCUT2D eigenvalue weighted by Gasteiger charge is 2.09. The van der Waals surface area contributed by atoms with E-state index in [-0.39, 0.29) is 18.9 Å². The zero-order valence-electron chi connectivity index (χ0n) is 14.7. The van der Waals surface area contributed by atoms with Gasteiger partial charge in [0.25, 0.3) is 0 Å². The zero-order valence-corrected chi connectivity index (χ0v) is 16.3. The molecule has 0 bridgehead atoms. The smallest absolute Gasteiger partial charge is 0.331 e. The van der Waals surface area contributed by atoms with Crippen molar-refractivity contribution < 1.29 is 14.3 Å². The Balaban J connectivity index is 1.45. The molecule has 3 rings (SSSR count). The number of rotatable bonds is 7. The van der Waals surface area contributed by atoms with Gasteiger partial charge in [0.1, 0.15) is 11.6 Å². The molecule has 2 heterocycles. The molecule has 1 amide bonds. The van der Waals surface area contributed by atoms with Crippen molar-refractivity contribution in [3.8, 4) is 0 Å². The minimum Gasteiger partial charge on any atom is -0.456 e. The number of hydrogen-bond acceptors (Lipinski definition) is 6. The van der Waals surface area contributed by atoms with E-state index in [0.29, 0.717) is 10.7 Å². The van der Waals surface area contributed by atoms with Gasteiger partial charge >= 0.3 is 5.97 Å². The summed E-state index contributed by atoms with van der Waals surface area (Å²) in [5.41, 5.74) is 2.53. The fourth-order valence-electron chi connectivity index (χ4n) is 2.21. The van der Waals surface area contributed by atoms with Crippen molar-refractivity contribution in [3.05, 3.63) is 74.4 Å². The molecular weight excluding hydrogens is 380 g/mol. The van der Waals surface area contributed by atoms with Gasteiger partial charge in [-0.1, -0.05) is 23.8 Å². The number of ether oxygens (including phenoxy) is 1. The lowest BCUT2D eigenvalue weighted by Gasteiger charge is -2.04. The van der Waals surface area contributed by atoms with E-state index < -0.39 is 5.97 Å². The summed E-state index contributed by atoms with van der Waals surface area (Å²) >= 11 is 2.92. The predicted molar refractivity (Wildman–Crippen MR) is 109 cm³/mol. The van der Waals surface area contributed by atoms with Crippen LogP contribution in [0, 0.1) is 6.92 Å². The molecule has 0 spiro atoms. The Morgan fingerprint density at radius 2 is 2.00 bits per heavy atom. The molecule has 0 saturated heterocycles. The Kier molecular flexibility index (Phi) is 6.51. The molecule has 0 aliphatic heterocycles. The van der Waals surface area contributed by atoms with Gasteiger partial charge in [-0.15, -0.1) is 22.7 Å². The van der Waals surface area contributed by atoms with Crippen LogP contribution in [-0.4, -0.2) is 16.9 Å². The first-order chi connectivity index (χ1) is 13.1. The highest BCUT2D eigenvalue weighted by atomic mass is 32.1. The molecule has 1 N–H and O–H groups in total. The van der Waals surface area contributed by atoms with E-state index in [1.165, 1.54) is 17.4 Å². The molecule has 0 radical (unpaired) electrons. The number of anilines is 1. The maximum Gasteiger partial charge on any atom is 0.331 e. The molecule has 1 aromatic carbocycles. The van der Waals surface area contributed by atoms with Crippen molar-refractivity contribution in [2.75, 3.05) is 5.32 Å². The Morgan fingerprint density at radius 3 is 2.74 bits per heavy atom. The molecule has 138 valence electrons. The molecule has 27 heavy (non-hydrogen) atoms. The van der Waals surface area contributed by atoms with Crippen molar-refractivity contribution in [2.45, 2.75) is 20.0 Å². The number of amides is 1. The third kappa shape index (κ3) is 6.16. The number of benzene rings is 1. The Labute approximate surface area is 165 Å². The fraction of sp³-hybridized carbons (Fsp3) is 0.150. The van der Waals surface area contributed by atoms with Gasteiger partial charge in [-0.3, -0.25) is 4.79 Å². The second-order valence-electron chi connectivity index (χ2n) is 5.78. The maximum absolute atomic E-state index is 12.1. The maximum atomic E-state index is 12.1. The van der Waals surface area contributed by atoms with Gasteiger partial charge in [-0.2, -0.15) is 0 Å². The first kappa shape index (κ1) is 19.0. The van der Waals surface area contributed by atoms with Crippen LogP contribution in [0.4, 0.5) is 5.69 Å². The van der Waals surface area contributed by atoms with Crippen LogP contribution < -0.4 is 5.32 Å². The third-order valence-corrected chi connectivity index (χ3v) is 5.27. The zero-order chi connectivity index (χ0) is 19.1. The van der Waals surface area contributed by atoms with Crippen LogP contribution in [0.2, 0.25) is 0 Å². The minimum atomic E-state index is -0.421. The fourth-order valence-corrected chi connectivity index (χ4v) is 3.60. The number of thiophene rings is 1. The standard InChI is InChI=1S/C20H18N2O3S2/c1-14-4-6-15(7-5-14)21-18(23)11-19-22-16(13-27-19)12-25-20(24)9-8-17-3-2-10-26-17/h2-10,13H,11-12H2,1H3,(H,21,23)/b9-8+. The molecule has 0 unspecified atom stereocenters. The van der Waals surface area contributed by atoms with Gasteiger partial charge in [0.2, 0.25) is 5.91 Å². The number of thiazole rings is 1. The van der Waals surface area contributed by atoms with Gasteiger partial charge in [-0.05, 0) is 36.6 Å². The van der Waals surface area contributed by atoms with Gasteiger partial charge in [0.15, 0.2) is 0 Å². The van der Waals surface area contributed by atoms with E-state index in [0.717, 1.165) is 16.1 Å². The van der Waals surface area contributed by atoms with Crippen LogP contribution in [0.5, 0.6) is 0 Å². The van der Waals surface area contributed by atoms with Crippen LogP contribution in [-0.2, 0) is 27.4 Å². The summed E-state index contributed by atoms with van der Waals surface area (Å²) < 4.78 is 5.17. The second kappa shape index (κ2) is 9.25. The number of nitrogens with zero attached hydrogens (tertiary/aromatic N) is 1. The number of carbonyl (C=O) groups is 2. The van der Waals surface area contributed by atoms with Gasteiger partial charge in [0, 0.05) is 22.0 Å². The second-order valence-corrected chi connectivity index (χ2v) is 7.70. The highest BCUT2D eigenvalue weighted by Crippen LogP contribution is 2.14. The van der Waals surface area contributed by atoms with E-state index in [2.05, 4.69) is 10.3 Å². The van der Waals surface area contributed by atoms with Crippen molar-refractivity contribution in [2.24, 2.45) is 0 Å². The van der Waals surface area contributed by atoms with E-state index in [4.69, 9.17) is 4.74 Å². The number of esters is 1. The van der Waals surface area contributed by atoms with Crippen LogP contribution >= 0.6 is 22.7 Å². The number of nitrogens with one attached hydrogen (secondary N) is 1. The summed E-state index contributed by atoms with van der Waals surface area (Å²) in [7, 11) is 0. The van der Waals surface area contributed by atoms with Gasteiger partial charge < -0.3 is 10.1 Å². The molecule has 2 aromatic heterocycles. The molecule has 0 atom stereocenters. The topological polar surface area (TPSA) is 68.3 Å². The molecule has 0 fully saturated rings. The lowest BCUT2D eigenvalue weighted by molar-refractivity contribution is -0.139. The predicted octanol–water partition coefficient (Wildman–Crippen LogP) is 4.45. The molecule has 5 nitrogen and oxygen atoms in total. The molecule has 0 aliphatic carbocycles. The Bertz CT molecular complexity index is 929. The van der Waals surface area contributed by atoms with Crippen LogP contribution in [0.1, 0.15) is 21.1 Å². The number of carbonyl (C=O) groups excluding carboxylic acids is 2. The molecular formula is C20H18N2O3S2. The van der Waals surface area contributed by atoms with Gasteiger partial charge in [-0.25, -0.2) is 9.78 Å². The molecule has 7 heteroatoms. The van der Waals surface area contributed by atoms with Crippen molar-refractivity contribution in [1.82, 2.24) is 4.98 Å². The van der Waals surface area contributed by atoms with E-state index in [9.17, 15) is 9.59 Å². The summed E-state index contributed by atoms with van der Waals surface area (Å²) in [4.78, 5) is 29.2. The summed E-state index contributed by atoms with van der Waals surface area (Å²) in [6.07, 6.45) is 3.30. The third-order valence-electron chi connectivity index (χ3n) is 3.54. The Hall–Kier alpha value is -2.77. The first-order valence-corrected chi connectivity index (χ1v) is 10.0. The van der Waals surface area contributed by atoms with E-state index >= 15 is 0 Å². The quantitative estimate of drug-likeness (QED) is 0.472. The summed E-state index contributed by atoms with van der Waals surface area (Å²) in [5, 5.41) is 7.26. The van der Waals surface area contributed by atoms with Gasteiger partial charge in [0.05, 0.1) is 12.1 Å². The lowest BCUT2D eigenvalue weighted by atomic mass is 10.2. The van der Waals surface area contributed by atoms with Crippen molar-refractivity contribution >= 4 is 46.3 Å². The van der Waals surface area contributed by atoms with Crippen LogP contribution in [0.3, 0.4) is 0 Å². The van der Waals surface area contributed by atoms with E-state index in [1.54, 1.807) is 22.8 Å². The summed E-state index contributed by atoms with van der Waals surface area (Å²) in [5.74, 6) is -0.550. The lowest BCUT2D eigenvalue weighted by Crippen LogP contribution is -2.14. The van der Waals surface area contributed by atoms with Crippen LogP contribution in [0.15, 0.2) is 53.2 Å². The average molecular weight is 399 g/mol. The Morgan fingerprint density at radius 1 is 1.19 bits per heavy atom. The molecule has 0 saturated carbocycles. The van der Waals surface area contributed by atoms with Crippen molar-refractivity contribution in [3.63, 3.8) is 0 Å². The number of hydrogen-bond donors (Lipinski definition) is 1. The average Bonchev–Trinajstić information content (AvgIpc) is 3.32. The SMILES string of the molecule is Cc1ccc(NC(=O)Cc2nc(COC(=O)/C=C/c3cccs3)cs2)cc1. The number of aromatic nitrogens is 1. The number of aryl methyl sites for hydroxylation is 1. The highest BCUT2D eigenvalue weighted by molar-refractivity contribution is 7.10. The first-order valence-electron chi connectivity index (χ1n) is 8.26.